The molecule has 0 radical (unpaired) electrons. The summed E-state index contributed by atoms with van der Waals surface area (Å²) >= 11 is 6.46. The normalized spacial score (nSPS) is 15.8. The molecule has 4 rings (SSSR count). The van der Waals surface area contributed by atoms with Crippen molar-refractivity contribution in [3.05, 3.63) is 53.4 Å². The molecule has 3 aromatic rings. The predicted octanol–water partition coefficient (Wildman–Crippen LogP) is 4.10. The monoisotopic (exact) mass is 425 g/mol. The number of nitrogens with one attached hydrogen (secondary N) is 1. The van der Waals surface area contributed by atoms with E-state index in [0.29, 0.717) is 22.3 Å². The van der Waals surface area contributed by atoms with E-state index < -0.39 is 0 Å². The van der Waals surface area contributed by atoms with Gasteiger partial charge in [-0.3, -0.25) is 14.8 Å². The molecule has 30 heavy (non-hydrogen) atoms. The summed E-state index contributed by atoms with van der Waals surface area (Å²) in [5.41, 5.74) is 3.36. The van der Waals surface area contributed by atoms with E-state index >= 15 is 0 Å². The Kier molecular flexibility index (Phi) is 5.99. The molecule has 0 bridgehead atoms. The Labute approximate surface area is 180 Å². The number of nitrogens with zero attached hydrogens (tertiary/aromatic N) is 4. The van der Waals surface area contributed by atoms with E-state index in [1.165, 1.54) is 0 Å². The number of hydrogen-bond donors (Lipinski definition) is 1. The highest BCUT2D eigenvalue weighted by Gasteiger charge is 2.29. The van der Waals surface area contributed by atoms with Gasteiger partial charge in [-0.15, -0.1) is 0 Å². The summed E-state index contributed by atoms with van der Waals surface area (Å²) < 4.78 is 5.21. The second-order valence-corrected chi connectivity index (χ2v) is 7.89. The van der Waals surface area contributed by atoms with E-state index in [2.05, 4.69) is 20.3 Å². The molecule has 1 aliphatic heterocycles. The fourth-order valence-electron chi connectivity index (χ4n) is 4.01. The number of amides is 1. The highest BCUT2D eigenvalue weighted by molar-refractivity contribution is 6.35. The van der Waals surface area contributed by atoms with Gasteiger partial charge in [0.25, 0.3) is 0 Å². The van der Waals surface area contributed by atoms with E-state index in [0.717, 1.165) is 42.7 Å². The van der Waals surface area contributed by atoms with Gasteiger partial charge in [-0.1, -0.05) is 17.7 Å². The molecule has 1 saturated heterocycles. The fourth-order valence-corrected chi connectivity index (χ4v) is 4.28. The van der Waals surface area contributed by atoms with Crippen LogP contribution in [0, 0.1) is 5.92 Å². The van der Waals surface area contributed by atoms with Gasteiger partial charge in [0.15, 0.2) is 0 Å². The van der Waals surface area contributed by atoms with Crippen LogP contribution in [-0.2, 0) is 4.79 Å². The third kappa shape index (κ3) is 4.31. The molecule has 1 atom stereocenters. The van der Waals surface area contributed by atoms with Gasteiger partial charge in [-0.05, 0) is 36.5 Å². The van der Waals surface area contributed by atoms with Crippen molar-refractivity contribution in [3.8, 4) is 5.88 Å². The zero-order chi connectivity index (χ0) is 21.1. The molecular formula is C22H24ClN5O2. The van der Waals surface area contributed by atoms with Crippen molar-refractivity contribution in [1.82, 2.24) is 19.9 Å². The van der Waals surface area contributed by atoms with Gasteiger partial charge in [-0.2, -0.15) is 0 Å². The topological polar surface area (TPSA) is 80.2 Å². The van der Waals surface area contributed by atoms with Crippen LogP contribution < -0.4 is 10.1 Å². The van der Waals surface area contributed by atoms with E-state index in [1.54, 1.807) is 26.4 Å². The number of benzene rings is 1. The molecule has 1 N–H and O–H groups in total. The van der Waals surface area contributed by atoms with Crippen molar-refractivity contribution in [2.45, 2.75) is 25.8 Å². The first-order valence-corrected chi connectivity index (χ1v) is 10.3. The van der Waals surface area contributed by atoms with Crippen LogP contribution in [0.3, 0.4) is 0 Å². The number of aromatic nitrogens is 3. The molecule has 0 aliphatic carbocycles. The molecule has 0 saturated carbocycles. The number of halogens is 1. The quantitative estimate of drug-likeness (QED) is 0.662. The largest absolute Gasteiger partial charge is 0.481 e. The molecule has 1 unspecified atom stereocenters. The van der Waals surface area contributed by atoms with Crippen LogP contribution in [0.2, 0.25) is 5.02 Å². The molecule has 1 amide bonds. The van der Waals surface area contributed by atoms with E-state index in [-0.39, 0.29) is 11.9 Å². The number of pyridine rings is 1. The minimum absolute atomic E-state index is 0.0164. The summed E-state index contributed by atoms with van der Waals surface area (Å²) in [7, 11) is 1.60. The van der Waals surface area contributed by atoms with Crippen LogP contribution in [-0.4, -0.2) is 46.0 Å². The maximum Gasteiger partial charge on any atom is 0.219 e. The molecule has 8 heteroatoms. The molecule has 156 valence electrons. The number of rotatable bonds is 5. The van der Waals surface area contributed by atoms with E-state index in [1.807, 2.05) is 35.4 Å². The van der Waals surface area contributed by atoms with Crippen molar-refractivity contribution in [3.63, 3.8) is 0 Å². The zero-order valence-electron chi connectivity index (χ0n) is 17.0. The van der Waals surface area contributed by atoms with Crippen LogP contribution in [0.25, 0.3) is 11.0 Å². The summed E-state index contributed by atoms with van der Waals surface area (Å²) in [6.45, 7) is 3.14. The maximum absolute atomic E-state index is 11.7. The van der Waals surface area contributed by atoms with Gasteiger partial charge in [-0.25, -0.2) is 4.98 Å². The third-order valence-electron chi connectivity index (χ3n) is 5.63. The van der Waals surface area contributed by atoms with Gasteiger partial charge in [0.2, 0.25) is 11.8 Å². The van der Waals surface area contributed by atoms with Crippen LogP contribution >= 0.6 is 11.6 Å². The zero-order valence-corrected chi connectivity index (χ0v) is 17.8. The van der Waals surface area contributed by atoms with Gasteiger partial charge in [0.05, 0.1) is 23.7 Å². The Balaban J connectivity index is 1.64. The van der Waals surface area contributed by atoms with Gasteiger partial charge in [0, 0.05) is 50.4 Å². The summed E-state index contributed by atoms with van der Waals surface area (Å²) in [4.78, 5) is 26.7. The van der Waals surface area contributed by atoms with Gasteiger partial charge < -0.3 is 15.0 Å². The summed E-state index contributed by atoms with van der Waals surface area (Å²) in [6.07, 6.45) is 6.95. The lowest BCUT2D eigenvalue weighted by Gasteiger charge is -2.36. The number of likely N-dealkylation sites (tertiary alicyclic amines) is 1. The fraction of sp³-hybridized carbons (Fsp3) is 0.364. The first-order valence-electron chi connectivity index (χ1n) is 9.97. The maximum atomic E-state index is 11.7. The Hall–Kier alpha value is -2.93. The Bertz CT molecular complexity index is 1040. The average molecular weight is 426 g/mol. The number of anilines is 1. The molecule has 1 aromatic carbocycles. The Morgan fingerprint density at radius 2 is 1.97 bits per heavy atom. The SMILES string of the molecule is COc1ccc(C(Nc2cc(Cl)c3nccnc3c2)C2CCN(C(C)=O)CC2)cn1. The number of ether oxygens (including phenoxy) is 1. The third-order valence-corrected chi connectivity index (χ3v) is 5.92. The van der Waals surface area contributed by atoms with E-state index in [9.17, 15) is 4.79 Å². The van der Waals surface area contributed by atoms with E-state index in [4.69, 9.17) is 16.3 Å². The minimum atomic E-state index is 0.0164. The lowest BCUT2D eigenvalue weighted by Crippen LogP contribution is -2.39. The standard InChI is InChI=1S/C22H24ClN5O2/c1-14(29)28-9-5-15(6-10-28)21(16-3-4-20(30-2)26-13-16)27-17-11-18(23)22-19(12-17)24-7-8-25-22/h3-4,7-8,11-13,15,21,27H,5-6,9-10H2,1-2H3. The van der Waals surface area contributed by atoms with Crippen molar-refractivity contribution in [2.75, 3.05) is 25.5 Å². The lowest BCUT2D eigenvalue weighted by molar-refractivity contribution is -0.130. The van der Waals surface area contributed by atoms with Crippen molar-refractivity contribution < 1.29 is 9.53 Å². The first-order chi connectivity index (χ1) is 14.5. The average Bonchev–Trinajstić information content (AvgIpc) is 2.78. The molecule has 7 nitrogen and oxygen atoms in total. The molecule has 1 aliphatic rings. The number of fused-ring (bicyclic) bond motifs is 1. The van der Waals surface area contributed by atoms with Crippen molar-refractivity contribution >= 4 is 34.2 Å². The Morgan fingerprint density at radius 3 is 2.63 bits per heavy atom. The second-order valence-electron chi connectivity index (χ2n) is 7.48. The number of carbonyl (C=O) groups is 1. The smallest absolute Gasteiger partial charge is 0.219 e. The number of piperidine rings is 1. The molecule has 0 spiro atoms. The second kappa shape index (κ2) is 8.83. The van der Waals surface area contributed by atoms with Crippen molar-refractivity contribution in [1.29, 1.82) is 0 Å². The molecule has 2 aromatic heterocycles. The lowest BCUT2D eigenvalue weighted by atomic mass is 9.85. The van der Waals surface area contributed by atoms with Gasteiger partial charge in [0.1, 0.15) is 5.52 Å². The summed E-state index contributed by atoms with van der Waals surface area (Å²) in [5, 5.41) is 4.20. The minimum Gasteiger partial charge on any atom is -0.481 e. The molecule has 3 heterocycles. The highest BCUT2D eigenvalue weighted by atomic mass is 35.5. The van der Waals surface area contributed by atoms with Crippen molar-refractivity contribution in [2.24, 2.45) is 5.92 Å². The summed E-state index contributed by atoms with van der Waals surface area (Å²) in [5.74, 6) is 1.05. The number of methoxy groups -OCH3 is 1. The van der Waals surface area contributed by atoms with Crippen LogP contribution in [0.4, 0.5) is 5.69 Å². The Morgan fingerprint density at radius 1 is 1.20 bits per heavy atom. The molecule has 1 fully saturated rings. The predicted molar refractivity (Wildman–Crippen MR) is 117 cm³/mol. The first kappa shape index (κ1) is 20.3. The molecular weight excluding hydrogens is 402 g/mol. The van der Waals surface area contributed by atoms with Crippen LogP contribution in [0.15, 0.2) is 42.9 Å². The van der Waals surface area contributed by atoms with Crippen LogP contribution in [0.5, 0.6) is 5.88 Å². The number of carbonyl (C=O) groups excluding carboxylic acids is 1. The van der Waals surface area contributed by atoms with Crippen LogP contribution in [0.1, 0.15) is 31.4 Å². The number of hydrogen-bond acceptors (Lipinski definition) is 6. The van der Waals surface area contributed by atoms with Gasteiger partial charge >= 0.3 is 0 Å². The summed E-state index contributed by atoms with van der Waals surface area (Å²) in [6, 6.07) is 7.76. The highest BCUT2D eigenvalue weighted by Crippen LogP contribution is 2.35.